The standard InChI is InChI=1S/C77H124NO8P/c1-3-5-7-9-11-13-15-17-19-21-23-25-27-29-31-32-33-34-35-36-37-38-39-40-41-42-44-46-48-50-52-54-56-58-60-62-64-66-68-70-77(80)86-75(74-85-87(81,82)84-72-71-78)73-83-76(79)69-67-65-63-61-59-57-55-53-51-49-47-45-43-30-28-26-24-22-20-18-16-14-12-10-8-6-4-2/h5-8,11-14,17-20,23-26,29-31,33-34,36-37,39-40,42-44,48,50,75H,3-4,9-10,15-16,21-22,27-28,32,35,38,41,45-47,49,51-74,78H2,1-2H3,(H,81,82)/b7-5-,8-6-,13-11-,14-12-,19-17-,20-18-,25-23-,26-24-,31-29-,34-33-,37-36-,40-39-,43-30-,44-42-,50-48-. The number of hydrogen-bond donors (Lipinski definition) is 2. The average Bonchev–Trinajstić information content (AvgIpc) is 3.64. The molecule has 0 saturated heterocycles. The lowest BCUT2D eigenvalue weighted by atomic mass is 10.0. The van der Waals surface area contributed by atoms with E-state index in [0.29, 0.717) is 6.42 Å². The van der Waals surface area contributed by atoms with Gasteiger partial charge in [-0.3, -0.25) is 18.6 Å². The summed E-state index contributed by atoms with van der Waals surface area (Å²) in [6.45, 7) is 3.49. The molecule has 10 heteroatoms. The topological polar surface area (TPSA) is 134 Å². The van der Waals surface area contributed by atoms with E-state index in [1.54, 1.807) is 0 Å². The first-order chi connectivity index (χ1) is 42.8. The minimum absolute atomic E-state index is 0.0425. The van der Waals surface area contributed by atoms with Gasteiger partial charge in [-0.1, -0.05) is 292 Å². The van der Waals surface area contributed by atoms with E-state index in [2.05, 4.69) is 196 Å². The Bertz CT molecular complexity index is 2080. The Balaban J connectivity index is 4.00. The highest BCUT2D eigenvalue weighted by molar-refractivity contribution is 7.47. The zero-order valence-corrected chi connectivity index (χ0v) is 55.8. The number of esters is 2. The molecule has 3 N–H and O–H groups in total. The molecular formula is C77H124NO8P. The largest absolute Gasteiger partial charge is 0.472 e. The number of unbranched alkanes of at least 4 members (excludes halogenated alkanes) is 19. The van der Waals surface area contributed by atoms with Gasteiger partial charge in [-0.25, -0.2) is 4.57 Å². The molecule has 490 valence electrons. The first-order valence-electron chi connectivity index (χ1n) is 34.3. The van der Waals surface area contributed by atoms with E-state index >= 15 is 0 Å². The molecule has 0 aliphatic heterocycles. The SMILES string of the molecule is CC/C=C\C/C=C\C/C=C\C/C=C\C/C=C\C/C=C\C/C=C\C/C=C\C/C=C\C/C=C\CCCCCCCCCCC(=O)OC(COC(=O)CCCCCCCCCCCCC/C=C\C/C=C\C/C=C\C/C=C\C/C=C\CC)COP(=O)(O)OCCN. The Morgan fingerprint density at radius 1 is 0.345 bits per heavy atom. The number of allylic oxidation sites excluding steroid dienone is 30. The number of hydrogen-bond acceptors (Lipinski definition) is 8. The quantitative estimate of drug-likeness (QED) is 0.0264. The molecule has 0 amide bonds. The van der Waals surface area contributed by atoms with E-state index in [4.69, 9.17) is 24.3 Å². The van der Waals surface area contributed by atoms with Gasteiger partial charge in [0.1, 0.15) is 6.61 Å². The van der Waals surface area contributed by atoms with Crippen LogP contribution in [0.1, 0.15) is 258 Å². The molecule has 0 heterocycles. The summed E-state index contributed by atoms with van der Waals surface area (Å²) >= 11 is 0. The summed E-state index contributed by atoms with van der Waals surface area (Å²) < 4.78 is 33.1. The maximum atomic E-state index is 12.8. The molecule has 0 aromatic rings. The Morgan fingerprint density at radius 3 is 0.885 bits per heavy atom. The van der Waals surface area contributed by atoms with Gasteiger partial charge in [-0.2, -0.15) is 0 Å². The molecular weight excluding hydrogens is 1100 g/mol. The summed E-state index contributed by atoms with van der Waals surface area (Å²) in [5.41, 5.74) is 5.40. The number of phosphoric ester groups is 1. The van der Waals surface area contributed by atoms with Gasteiger partial charge in [0.15, 0.2) is 6.10 Å². The number of nitrogens with two attached hydrogens (primary N) is 1. The van der Waals surface area contributed by atoms with Crippen molar-refractivity contribution in [2.75, 3.05) is 26.4 Å². The van der Waals surface area contributed by atoms with Crippen LogP contribution >= 0.6 is 7.82 Å². The predicted octanol–water partition coefficient (Wildman–Crippen LogP) is 22.7. The van der Waals surface area contributed by atoms with Crippen LogP contribution in [-0.4, -0.2) is 49.3 Å². The second-order valence-electron chi connectivity index (χ2n) is 21.9. The monoisotopic (exact) mass is 1220 g/mol. The van der Waals surface area contributed by atoms with E-state index in [0.717, 1.165) is 154 Å². The molecule has 0 rings (SSSR count). The van der Waals surface area contributed by atoms with Crippen LogP contribution in [0, 0.1) is 0 Å². The molecule has 2 unspecified atom stereocenters. The molecule has 0 aliphatic carbocycles. The van der Waals surface area contributed by atoms with Crippen LogP contribution in [0.3, 0.4) is 0 Å². The van der Waals surface area contributed by atoms with E-state index in [1.165, 1.54) is 70.6 Å². The van der Waals surface area contributed by atoms with E-state index < -0.39 is 32.5 Å². The molecule has 0 bridgehead atoms. The summed E-state index contributed by atoms with van der Waals surface area (Å²) in [6.07, 6.45) is 105. The Morgan fingerprint density at radius 2 is 0.598 bits per heavy atom. The number of phosphoric acid groups is 1. The normalized spacial score (nSPS) is 14.1. The molecule has 0 spiro atoms. The average molecular weight is 1220 g/mol. The van der Waals surface area contributed by atoms with Crippen LogP contribution in [0.2, 0.25) is 0 Å². The Kier molecular flexibility index (Phi) is 66.3. The van der Waals surface area contributed by atoms with Gasteiger partial charge in [0.2, 0.25) is 0 Å². The van der Waals surface area contributed by atoms with Crippen molar-refractivity contribution in [2.24, 2.45) is 5.73 Å². The molecule has 0 aromatic carbocycles. The van der Waals surface area contributed by atoms with E-state index in [9.17, 15) is 19.0 Å². The molecule has 0 aliphatic rings. The van der Waals surface area contributed by atoms with Crippen LogP contribution in [0.4, 0.5) is 0 Å². The highest BCUT2D eigenvalue weighted by atomic mass is 31.2. The highest BCUT2D eigenvalue weighted by Crippen LogP contribution is 2.43. The van der Waals surface area contributed by atoms with Gasteiger partial charge in [-0.15, -0.1) is 0 Å². The number of rotatable bonds is 62. The van der Waals surface area contributed by atoms with E-state index in [1.807, 2.05) is 0 Å². The zero-order chi connectivity index (χ0) is 63.0. The first-order valence-corrected chi connectivity index (χ1v) is 35.8. The molecule has 0 saturated carbocycles. The molecule has 0 aromatic heterocycles. The maximum Gasteiger partial charge on any atom is 0.472 e. The van der Waals surface area contributed by atoms with Crippen LogP contribution in [-0.2, 0) is 32.7 Å². The summed E-state index contributed by atoms with van der Waals surface area (Å²) in [6, 6.07) is 0. The lowest BCUT2D eigenvalue weighted by Gasteiger charge is -2.19. The number of carbonyl (C=O) groups is 2. The zero-order valence-electron chi connectivity index (χ0n) is 54.9. The number of carbonyl (C=O) groups excluding carboxylic acids is 2. The minimum atomic E-state index is -4.41. The fourth-order valence-corrected chi connectivity index (χ4v) is 9.57. The number of ether oxygens (including phenoxy) is 2. The summed E-state index contributed by atoms with van der Waals surface area (Å²) in [5, 5.41) is 0. The van der Waals surface area contributed by atoms with E-state index in [-0.39, 0.29) is 32.6 Å². The molecule has 87 heavy (non-hydrogen) atoms. The molecule has 0 radical (unpaired) electrons. The van der Waals surface area contributed by atoms with Crippen molar-refractivity contribution in [3.05, 3.63) is 182 Å². The van der Waals surface area contributed by atoms with Crippen LogP contribution in [0.5, 0.6) is 0 Å². The van der Waals surface area contributed by atoms with Crippen LogP contribution in [0.15, 0.2) is 182 Å². The second kappa shape index (κ2) is 70.2. The highest BCUT2D eigenvalue weighted by Gasteiger charge is 2.26. The smallest absolute Gasteiger partial charge is 0.462 e. The third kappa shape index (κ3) is 70.1. The maximum absolute atomic E-state index is 12.8. The second-order valence-corrected chi connectivity index (χ2v) is 23.4. The van der Waals surface area contributed by atoms with Crippen LogP contribution in [0.25, 0.3) is 0 Å². The molecule has 9 nitrogen and oxygen atoms in total. The molecule has 0 fully saturated rings. The fraction of sp³-hybridized carbons (Fsp3) is 0.584. The lowest BCUT2D eigenvalue weighted by molar-refractivity contribution is -0.161. The third-order valence-corrected chi connectivity index (χ3v) is 14.8. The van der Waals surface area contributed by atoms with Gasteiger partial charge < -0.3 is 20.1 Å². The summed E-state index contributed by atoms with van der Waals surface area (Å²) in [5.74, 6) is -0.850. The third-order valence-electron chi connectivity index (χ3n) is 13.8. The van der Waals surface area contributed by atoms with Crippen LogP contribution < -0.4 is 5.73 Å². The first kappa shape index (κ1) is 82.1. The summed E-state index contributed by atoms with van der Waals surface area (Å²) in [7, 11) is -4.41. The van der Waals surface area contributed by atoms with Crippen molar-refractivity contribution in [3.63, 3.8) is 0 Å². The van der Waals surface area contributed by atoms with Crippen molar-refractivity contribution >= 4 is 19.8 Å². The Hall–Kier alpha value is -4.89. The van der Waals surface area contributed by atoms with Gasteiger partial charge in [0, 0.05) is 19.4 Å². The van der Waals surface area contributed by atoms with Gasteiger partial charge >= 0.3 is 19.8 Å². The van der Waals surface area contributed by atoms with Gasteiger partial charge in [0.05, 0.1) is 13.2 Å². The van der Waals surface area contributed by atoms with Crippen molar-refractivity contribution in [2.45, 2.75) is 264 Å². The van der Waals surface area contributed by atoms with Crippen molar-refractivity contribution < 1.29 is 37.6 Å². The fourth-order valence-electron chi connectivity index (χ4n) is 8.81. The van der Waals surface area contributed by atoms with Crippen molar-refractivity contribution in [1.82, 2.24) is 0 Å². The van der Waals surface area contributed by atoms with Crippen molar-refractivity contribution in [3.8, 4) is 0 Å². The Labute approximate surface area is 533 Å². The predicted molar refractivity (Wildman–Crippen MR) is 376 cm³/mol. The van der Waals surface area contributed by atoms with Crippen molar-refractivity contribution in [1.29, 1.82) is 0 Å². The molecule has 2 atom stereocenters. The summed E-state index contributed by atoms with van der Waals surface area (Å²) in [4.78, 5) is 35.3. The van der Waals surface area contributed by atoms with Gasteiger partial charge in [-0.05, 0) is 135 Å². The lowest BCUT2D eigenvalue weighted by Crippen LogP contribution is -2.29. The van der Waals surface area contributed by atoms with Gasteiger partial charge in [0.25, 0.3) is 0 Å². The minimum Gasteiger partial charge on any atom is -0.462 e.